The van der Waals surface area contributed by atoms with Gasteiger partial charge in [0.15, 0.2) is 0 Å². The Morgan fingerprint density at radius 3 is 2.19 bits per heavy atom. The molecule has 0 radical (unpaired) electrons. The molecular formula is C28H24F2N4O2. The van der Waals surface area contributed by atoms with Crippen LogP contribution in [0.15, 0.2) is 72.9 Å². The standard InChI is InChI=1S/C28H24F2N4O2/c1-16-24(28(12-13-28)27(31)36)25(17-2-4-19(29)5-3-17)33(26(16)35)22-10-11-23-18(14-22)15-32-34(23)21-8-6-20(30)7-9-21/h2-11,14-16,24-25H,12-13H2,1H3,(H2,31,36)/t16-,24+,25-/m0/s1. The predicted octanol–water partition coefficient (Wildman–Crippen LogP) is 4.91. The van der Waals surface area contributed by atoms with Gasteiger partial charge in [-0.05, 0) is 73.0 Å². The summed E-state index contributed by atoms with van der Waals surface area (Å²) in [6.07, 6.45) is 2.97. The van der Waals surface area contributed by atoms with Crippen LogP contribution in [-0.2, 0) is 9.59 Å². The van der Waals surface area contributed by atoms with E-state index < -0.39 is 23.3 Å². The summed E-state index contributed by atoms with van der Waals surface area (Å²) in [6, 6.07) is 17.3. The molecule has 1 saturated heterocycles. The van der Waals surface area contributed by atoms with Crippen LogP contribution >= 0.6 is 0 Å². The van der Waals surface area contributed by atoms with Crippen LogP contribution in [0.25, 0.3) is 16.6 Å². The van der Waals surface area contributed by atoms with Gasteiger partial charge in [-0.25, -0.2) is 13.5 Å². The van der Waals surface area contributed by atoms with Crippen LogP contribution in [0.5, 0.6) is 0 Å². The average molecular weight is 487 g/mol. The number of fused-ring (bicyclic) bond motifs is 1. The highest BCUT2D eigenvalue weighted by Crippen LogP contribution is 2.62. The van der Waals surface area contributed by atoms with E-state index in [0.717, 1.165) is 16.5 Å². The van der Waals surface area contributed by atoms with Crippen molar-refractivity contribution >= 4 is 28.4 Å². The van der Waals surface area contributed by atoms with Gasteiger partial charge >= 0.3 is 0 Å². The number of halogens is 2. The molecule has 0 spiro atoms. The highest BCUT2D eigenvalue weighted by atomic mass is 19.1. The number of amides is 2. The Hall–Kier alpha value is -4.07. The van der Waals surface area contributed by atoms with E-state index in [1.165, 1.54) is 24.3 Å². The van der Waals surface area contributed by atoms with Crippen LogP contribution < -0.4 is 10.6 Å². The SMILES string of the molecule is C[C@@H]1C(=O)N(c2ccc3c(cnn3-c3ccc(F)cc3)c2)[C@@H](c2ccc(F)cc2)[C@@H]1C1(C(N)=O)CC1. The van der Waals surface area contributed by atoms with Gasteiger partial charge in [-0.15, -0.1) is 0 Å². The first-order chi connectivity index (χ1) is 17.3. The fraction of sp³-hybridized carbons (Fsp3) is 0.250. The van der Waals surface area contributed by atoms with E-state index in [9.17, 15) is 18.4 Å². The van der Waals surface area contributed by atoms with Gasteiger partial charge in [0.1, 0.15) is 11.6 Å². The minimum atomic E-state index is -0.750. The molecule has 0 unspecified atom stereocenters. The first kappa shape index (κ1) is 22.4. The van der Waals surface area contributed by atoms with E-state index in [0.29, 0.717) is 24.2 Å². The molecule has 2 N–H and O–H groups in total. The molecule has 3 aromatic carbocycles. The lowest BCUT2D eigenvalue weighted by Crippen LogP contribution is -2.37. The van der Waals surface area contributed by atoms with Gasteiger partial charge in [0.2, 0.25) is 11.8 Å². The lowest BCUT2D eigenvalue weighted by molar-refractivity contribution is -0.126. The Morgan fingerprint density at radius 2 is 1.58 bits per heavy atom. The Morgan fingerprint density at radius 1 is 0.972 bits per heavy atom. The second-order valence-electron chi connectivity index (χ2n) is 9.82. The lowest BCUT2D eigenvalue weighted by atomic mass is 9.75. The molecule has 1 aliphatic heterocycles. The topological polar surface area (TPSA) is 81.2 Å². The first-order valence-corrected chi connectivity index (χ1v) is 11.9. The second kappa shape index (κ2) is 7.98. The first-order valence-electron chi connectivity index (χ1n) is 11.9. The van der Waals surface area contributed by atoms with Gasteiger partial charge in [0.05, 0.1) is 28.9 Å². The van der Waals surface area contributed by atoms with Crippen molar-refractivity contribution < 1.29 is 18.4 Å². The molecule has 182 valence electrons. The fourth-order valence-electron chi connectivity index (χ4n) is 5.87. The number of carbonyl (C=O) groups is 2. The van der Waals surface area contributed by atoms with Gasteiger partial charge in [0, 0.05) is 22.9 Å². The quantitative estimate of drug-likeness (QED) is 0.435. The summed E-state index contributed by atoms with van der Waals surface area (Å²) >= 11 is 0. The third-order valence-electron chi connectivity index (χ3n) is 7.81. The molecular weight excluding hydrogens is 462 g/mol. The van der Waals surface area contributed by atoms with Crippen molar-refractivity contribution in [2.75, 3.05) is 4.90 Å². The number of nitrogens with two attached hydrogens (primary N) is 1. The van der Waals surface area contributed by atoms with E-state index in [1.54, 1.807) is 40.0 Å². The van der Waals surface area contributed by atoms with Gasteiger partial charge in [0.25, 0.3) is 0 Å². The molecule has 3 atom stereocenters. The highest BCUT2D eigenvalue weighted by Gasteiger charge is 2.64. The third-order valence-corrected chi connectivity index (χ3v) is 7.81. The molecule has 1 aromatic heterocycles. The summed E-state index contributed by atoms with van der Waals surface area (Å²) in [5, 5.41) is 5.26. The summed E-state index contributed by atoms with van der Waals surface area (Å²) in [4.78, 5) is 28.0. The second-order valence-corrected chi connectivity index (χ2v) is 9.82. The Balaban J connectivity index is 1.46. The van der Waals surface area contributed by atoms with Crippen LogP contribution in [-0.4, -0.2) is 21.6 Å². The van der Waals surface area contributed by atoms with Gasteiger partial charge in [-0.2, -0.15) is 5.10 Å². The number of nitrogens with zero attached hydrogens (tertiary/aromatic N) is 3. The monoisotopic (exact) mass is 486 g/mol. The molecule has 2 aliphatic rings. The lowest BCUT2D eigenvalue weighted by Gasteiger charge is -2.32. The molecule has 2 amide bonds. The molecule has 1 aliphatic carbocycles. The van der Waals surface area contributed by atoms with Gasteiger partial charge in [-0.3, -0.25) is 9.59 Å². The molecule has 0 bridgehead atoms. The van der Waals surface area contributed by atoms with Crippen molar-refractivity contribution in [1.29, 1.82) is 0 Å². The van der Waals surface area contributed by atoms with Crippen molar-refractivity contribution in [2.24, 2.45) is 23.0 Å². The minimum absolute atomic E-state index is 0.105. The maximum Gasteiger partial charge on any atom is 0.230 e. The van der Waals surface area contributed by atoms with Crippen molar-refractivity contribution in [3.05, 3.63) is 90.1 Å². The van der Waals surface area contributed by atoms with Crippen LogP contribution in [0.1, 0.15) is 31.4 Å². The molecule has 6 rings (SSSR count). The smallest absolute Gasteiger partial charge is 0.230 e. The van der Waals surface area contributed by atoms with Crippen LogP contribution in [0.3, 0.4) is 0 Å². The summed E-state index contributed by atoms with van der Waals surface area (Å²) in [7, 11) is 0. The number of primary amides is 1. The molecule has 2 heterocycles. The predicted molar refractivity (Wildman–Crippen MR) is 131 cm³/mol. The van der Waals surface area contributed by atoms with Gasteiger partial charge in [-0.1, -0.05) is 19.1 Å². The maximum absolute atomic E-state index is 13.8. The van der Waals surface area contributed by atoms with Crippen molar-refractivity contribution in [2.45, 2.75) is 25.8 Å². The number of hydrogen-bond donors (Lipinski definition) is 1. The summed E-state index contributed by atoms with van der Waals surface area (Å²) < 4.78 is 28.9. The summed E-state index contributed by atoms with van der Waals surface area (Å²) in [6.45, 7) is 1.84. The normalized spacial score (nSPS) is 22.8. The third kappa shape index (κ3) is 3.31. The van der Waals surface area contributed by atoms with Crippen LogP contribution in [0.2, 0.25) is 0 Å². The van der Waals surface area contributed by atoms with Crippen LogP contribution in [0.4, 0.5) is 14.5 Å². The average Bonchev–Trinajstić information content (AvgIpc) is 3.50. The molecule has 2 fully saturated rings. The van der Waals surface area contributed by atoms with E-state index in [1.807, 2.05) is 25.1 Å². The fourth-order valence-corrected chi connectivity index (χ4v) is 5.87. The number of carbonyl (C=O) groups excluding carboxylic acids is 2. The Labute approximate surface area is 206 Å². The van der Waals surface area contributed by atoms with Gasteiger partial charge < -0.3 is 10.6 Å². The van der Waals surface area contributed by atoms with E-state index >= 15 is 0 Å². The molecule has 4 aromatic rings. The van der Waals surface area contributed by atoms with Crippen molar-refractivity contribution in [1.82, 2.24) is 9.78 Å². The maximum atomic E-state index is 13.8. The number of benzene rings is 3. The Kier molecular flexibility index (Phi) is 4.96. The van der Waals surface area contributed by atoms with E-state index in [2.05, 4.69) is 5.10 Å². The summed E-state index contributed by atoms with van der Waals surface area (Å²) in [5.41, 5.74) is 8.03. The number of aromatic nitrogens is 2. The highest BCUT2D eigenvalue weighted by molar-refractivity contribution is 6.01. The number of rotatable bonds is 5. The van der Waals surface area contributed by atoms with E-state index in [4.69, 9.17) is 5.73 Å². The zero-order valence-corrected chi connectivity index (χ0v) is 19.6. The van der Waals surface area contributed by atoms with Crippen molar-refractivity contribution in [3.8, 4) is 5.69 Å². The summed E-state index contributed by atoms with van der Waals surface area (Å²) in [5.74, 6) is -1.96. The zero-order valence-electron chi connectivity index (χ0n) is 19.6. The zero-order chi connectivity index (χ0) is 25.2. The van der Waals surface area contributed by atoms with Crippen molar-refractivity contribution in [3.63, 3.8) is 0 Å². The number of anilines is 1. The number of hydrogen-bond acceptors (Lipinski definition) is 3. The minimum Gasteiger partial charge on any atom is -0.369 e. The van der Waals surface area contributed by atoms with Crippen LogP contribution in [0, 0.1) is 28.9 Å². The van der Waals surface area contributed by atoms with E-state index in [-0.39, 0.29) is 23.5 Å². The molecule has 1 saturated carbocycles. The largest absolute Gasteiger partial charge is 0.369 e. The Bertz CT molecular complexity index is 1490. The molecule has 6 nitrogen and oxygen atoms in total. The molecule has 8 heteroatoms. The molecule has 36 heavy (non-hydrogen) atoms.